The molecule has 0 aromatic carbocycles. The fourth-order valence-electron chi connectivity index (χ4n) is 2.09. The van der Waals surface area contributed by atoms with Crippen LogP contribution in [-0.4, -0.2) is 31.3 Å². The average molecular weight is 329 g/mol. The SMILES string of the molecule is CCNCc1cc(Br)cnc1OCC1CCOCC1. The van der Waals surface area contributed by atoms with E-state index in [0.717, 1.165) is 61.7 Å². The molecule has 0 amide bonds. The van der Waals surface area contributed by atoms with Gasteiger partial charge in [-0.05, 0) is 47.3 Å². The minimum atomic E-state index is 0.589. The predicted molar refractivity (Wildman–Crippen MR) is 78.4 cm³/mol. The third-order valence-electron chi connectivity index (χ3n) is 3.25. The summed E-state index contributed by atoms with van der Waals surface area (Å²) in [7, 11) is 0. The van der Waals surface area contributed by atoms with E-state index in [0.29, 0.717) is 5.92 Å². The van der Waals surface area contributed by atoms with Gasteiger partial charge in [-0.1, -0.05) is 6.92 Å². The van der Waals surface area contributed by atoms with Crippen LogP contribution in [0.2, 0.25) is 0 Å². The summed E-state index contributed by atoms with van der Waals surface area (Å²) in [5.41, 5.74) is 1.10. The highest BCUT2D eigenvalue weighted by atomic mass is 79.9. The fraction of sp³-hybridized carbons (Fsp3) is 0.643. The first-order valence-corrected chi connectivity index (χ1v) is 7.64. The van der Waals surface area contributed by atoms with E-state index in [1.807, 2.05) is 0 Å². The van der Waals surface area contributed by atoms with Crippen molar-refractivity contribution < 1.29 is 9.47 Å². The highest BCUT2D eigenvalue weighted by Gasteiger charge is 2.15. The number of aromatic nitrogens is 1. The molecule has 1 fully saturated rings. The number of nitrogens with zero attached hydrogens (tertiary/aromatic N) is 1. The molecule has 0 saturated carbocycles. The van der Waals surface area contributed by atoms with Gasteiger partial charge in [0.25, 0.3) is 0 Å². The Bertz CT molecular complexity index is 395. The van der Waals surface area contributed by atoms with Crippen LogP contribution < -0.4 is 10.1 Å². The Morgan fingerprint density at radius 1 is 1.47 bits per heavy atom. The molecule has 1 aliphatic heterocycles. The molecule has 2 heterocycles. The van der Waals surface area contributed by atoms with Crippen LogP contribution in [-0.2, 0) is 11.3 Å². The normalized spacial score (nSPS) is 16.5. The van der Waals surface area contributed by atoms with E-state index < -0.39 is 0 Å². The number of nitrogens with one attached hydrogen (secondary N) is 1. The third kappa shape index (κ3) is 4.75. The number of halogens is 1. The van der Waals surface area contributed by atoms with Gasteiger partial charge in [0, 0.05) is 36.0 Å². The number of ether oxygens (including phenoxy) is 2. The largest absolute Gasteiger partial charge is 0.477 e. The van der Waals surface area contributed by atoms with Gasteiger partial charge < -0.3 is 14.8 Å². The van der Waals surface area contributed by atoms with Crippen molar-refractivity contribution in [3.05, 3.63) is 22.3 Å². The van der Waals surface area contributed by atoms with E-state index in [1.54, 1.807) is 6.20 Å². The molecular weight excluding hydrogens is 308 g/mol. The molecule has 1 aliphatic rings. The molecule has 5 heteroatoms. The van der Waals surface area contributed by atoms with Crippen LogP contribution in [0.1, 0.15) is 25.3 Å². The zero-order valence-corrected chi connectivity index (χ0v) is 12.9. The van der Waals surface area contributed by atoms with Gasteiger partial charge in [0.15, 0.2) is 0 Å². The molecule has 1 saturated heterocycles. The van der Waals surface area contributed by atoms with Crippen LogP contribution in [0.25, 0.3) is 0 Å². The lowest BCUT2D eigenvalue weighted by Gasteiger charge is -2.22. The maximum atomic E-state index is 5.90. The quantitative estimate of drug-likeness (QED) is 0.872. The molecular formula is C14H21BrN2O2. The number of hydrogen-bond donors (Lipinski definition) is 1. The summed E-state index contributed by atoms with van der Waals surface area (Å²) >= 11 is 3.45. The summed E-state index contributed by atoms with van der Waals surface area (Å²) < 4.78 is 12.2. The van der Waals surface area contributed by atoms with Crippen LogP contribution in [0, 0.1) is 5.92 Å². The molecule has 0 radical (unpaired) electrons. The second-order valence-corrected chi connectivity index (χ2v) is 5.68. The van der Waals surface area contributed by atoms with Gasteiger partial charge in [-0.15, -0.1) is 0 Å². The lowest BCUT2D eigenvalue weighted by molar-refractivity contribution is 0.0488. The van der Waals surface area contributed by atoms with E-state index in [2.05, 4.69) is 39.2 Å². The Balaban J connectivity index is 1.93. The summed E-state index contributed by atoms with van der Waals surface area (Å²) in [6, 6.07) is 2.06. The van der Waals surface area contributed by atoms with E-state index in [1.165, 1.54) is 0 Å². The minimum Gasteiger partial charge on any atom is -0.477 e. The minimum absolute atomic E-state index is 0.589. The van der Waals surface area contributed by atoms with E-state index in [4.69, 9.17) is 9.47 Å². The van der Waals surface area contributed by atoms with Gasteiger partial charge in [0.2, 0.25) is 5.88 Å². The second kappa shape index (κ2) is 7.82. The van der Waals surface area contributed by atoms with Crippen LogP contribution in [0.5, 0.6) is 5.88 Å². The summed E-state index contributed by atoms with van der Waals surface area (Å²) in [5.74, 6) is 1.34. The van der Waals surface area contributed by atoms with Crippen molar-refractivity contribution in [1.82, 2.24) is 10.3 Å². The van der Waals surface area contributed by atoms with E-state index in [-0.39, 0.29) is 0 Å². The summed E-state index contributed by atoms with van der Waals surface area (Å²) in [6.07, 6.45) is 3.95. The van der Waals surface area contributed by atoms with Gasteiger partial charge in [0.1, 0.15) is 0 Å². The Kier molecular flexibility index (Phi) is 6.07. The number of hydrogen-bond acceptors (Lipinski definition) is 4. The molecule has 0 spiro atoms. The van der Waals surface area contributed by atoms with Crippen molar-refractivity contribution in [3.63, 3.8) is 0 Å². The highest BCUT2D eigenvalue weighted by molar-refractivity contribution is 9.10. The number of rotatable bonds is 6. The first-order chi connectivity index (χ1) is 9.29. The molecule has 2 rings (SSSR count). The van der Waals surface area contributed by atoms with Crippen molar-refractivity contribution in [2.45, 2.75) is 26.3 Å². The molecule has 0 unspecified atom stereocenters. The fourth-order valence-corrected chi connectivity index (χ4v) is 2.47. The zero-order valence-electron chi connectivity index (χ0n) is 11.3. The Morgan fingerprint density at radius 3 is 3.00 bits per heavy atom. The Labute approximate surface area is 123 Å². The molecule has 0 aliphatic carbocycles. The predicted octanol–water partition coefficient (Wildman–Crippen LogP) is 2.76. The third-order valence-corrected chi connectivity index (χ3v) is 3.69. The number of pyridine rings is 1. The van der Waals surface area contributed by atoms with Crippen LogP contribution in [0.3, 0.4) is 0 Å². The van der Waals surface area contributed by atoms with Gasteiger partial charge >= 0.3 is 0 Å². The Morgan fingerprint density at radius 2 is 2.26 bits per heavy atom. The Hall–Kier alpha value is -0.650. The van der Waals surface area contributed by atoms with Crippen molar-refractivity contribution >= 4 is 15.9 Å². The standard InChI is InChI=1S/C14H21BrN2O2/c1-2-16-8-12-7-13(15)9-17-14(12)19-10-11-3-5-18-6-4-11/h7,9,11,16H,2-6,8,10H2,1H3. The summed E-state index contributed by atoms with van der Waals surface area (Å²) in [5, 5.41) is 3.31. The van der Waals surface area contributed by atoms with Crippen LogP contribution >= 0.6 is 15.9 Å². The molecule has 1 aromatic heterocycles. The summed E-state index contributed by atoms with van der Waals surface area (Å²) in [4.78, 5) is 4.38. The van der Waals surface area contributed by atoms with Crippen molar-refractivity contribution in [3.8, 4) is 5.88 Å². The van der Waals surface area contributed by atoms with Crippen molar-refractivity contribution in [2.75, 3.05) is 26.4 Å². The lowest BCUT2D eigenvalue weighted by atomic mass is 10.0. The highest BCUT2D eigenvalue weighted by Crippen LogP contribution is 2.22. The second-order valence-electron chi connectivity index (χ2n) is 4.76. The average Bonchev–Trinajstić information content (AvgIpc) is 2.45. The molecule has 1 N–H and O–H groups in total. The van der Waals surface area contributed by atoms with Gasteiger partial charge in [-0.2, -0.15) is 0 Å². The maximum Gasteiger partial charge on any atom is 0.217 e. The molecule has 4 nitrogen and oxygen atoms in total. The van der Waals surface area contributed by atoms with Gasteiger partial charge in [0.05, 0.1) is 6.61 Å². The zero-order chi connectivity index (χ0) is 13.5. The summed E-state index contributed by atoms with van der Waals surface area (Å²) in [6.45, 7) is 6.25. The molecule has 19 heavy (non-hydrogen) atoms. The van der Waals surface area contributed by atoms with Crippen molar-refractivity contribution in [2.24, 2.45) is 5.92 Å². The van der Waals surface area contributed by atoms with E-state index >= 15 is 0 Å². The maximum absolute atomic E-state index is 5.90. The van der Waals surface area contributed by atoms with Crippen LogP contribution in [0.4, 0.5) is 0 Å². The first kappa shape index (κ1) is 14.8. The van der Waals surface area contributed by atoms with Crippen LogP contribution in [0.15, 0.2) is 16.7 Å². The molecule has 1 aromatic rings. The van der Waals surface area contributed by atoms with Crippen molar-refractivity contribution in [1.29, 1.82) is 0 Å². The van der Waals surface area contributed by atoms with E-state index in [9.17, 15) is 0 Å². The lowest BCUT2D eigenvalue weighted by Crippen LogP contribution is -2.22. The molecule has 0 bridgehead atoms. The molecule has 0 atom stereocenters. The monoisotopic (exact) mass is 328 g/mol. The van der Waals surface area contributed by atoms with Gasteiger partial charge in [-0.25, -0.2) is 4.98 Å². The molecule has 106 valence electrons. The first-order valence-electron chi connectivity index (χ1n) is 6.85. The topological polar surface area (TPSA) is 43.4 Å². The smallest absolute Gasteiger partial charge is 0.217 e. The van der Waals surface area contributed by atoms with Gasteiger partial charge in [-0.3, -0.25) is 0 Å².